The van der Waals surface area contributed by atoms with Gasteiger partial charge in [0.1, 0.15) is 0 Å². The van der Waals surface area contributed by atoms with Gasteiger partial charge < -0.3 is 4.90 Å². The fourth-order valence-corrected chi connectivity index (χ4v) is 3.32. The van der Waals surface area contributed by atoms with Crippen molar-refractivity contribution >= 4 is 27.5 Å². The fourth-order valence-electron chi connectivity index (χ4n) is 2.19. The van der Waals surface area contributed by atoms with Gasteiger partial charge in [-0.1, -0.05) is 12.1 Å². The van der Waals surface area contributed by atoms with Crippen LogP contribution in [0, 0.1) is 0 Å². The molecule has 0 aliphatic rings. The van der Waals surface area contributed by atoms with E-state index in [2.05, 4.69) is 0 Å². The van der Waals surface area contributed by atoms with Crippen LogP contribution in [0.5, 0.6) is 0 Å². The van der Waals surface area contributed by atoms with Crippen LogP contribution in [0.1, 0.15) is 15.9 Å². The maximum Gasteiger partial charge on any atom is 0.341 e. The molecule has 0 N–H and O–H groups in total. The summed E-state index contributed by atoms with van der Waals surface area (Å²) >= 11 is 1.62. The van der Waals surface area contributed by atoms with E-state index in [1.807, 2.05) is 30.5 Å². The monoisotopic (exact) mass is 385 g/mol. The Morgan fingerprint density at radius 3 is 2.12 bits per heavy atom. The molecule has 2 rings (SSSR count). The third-order valence-corrected chi connectivity index (χ3v) is 5.73. The number of sulfone groups is 1. The molecule has 134 valence electrons. The van der Waals surface area contributed by atoms with Crippen LogP contribution in [0.15, 0.2) is 58.3 Å². The molecule has 0 saturated heterocycles. The number of alkyl halides is 2. The number of rotatable bonds is 6. The number of carbonyl (C=O) groups excluding carboxylic acids is 1. The van der Waals surface area contributed by atoms with E-state index in [1.165, 1.54) is 17.0 Å². The predicted molar refractivity (Wildman–Crippen MR) is 93.7 cm³/mol. The largest absolute Gasteiger partial charge is 0.341 e. The van der Waals surface area contributed by atoms with Crippen molar-refractivity contribution in [2.45, 2.75) is 22.1 Å². The lowest BCUT2D eigenvalue weighted by molar-refractivity contribution is 0.0785. The van der Waals surface area contributed by atoms with E-state index >= 15 is 0 Å². The van der Waals surface area contributed by atoms with Crippen LogP contribution in [0.2, 0.25) is 0 Å². The van der Waals surface area contributed by atoms with Crippen molar-refractivity contribution in [2.24, 2.45) is 0 Å². The van der Waals surface area contributed by atoms with E-state index in [1.54, 1.807) is 18.8 Å². The molecular weight excluding hydrogens is 368 g/mol. The summed E-state index contributed by atoms with van der Waals surface area (Å²) in [6.45, 7) is 0.380. The van der Waals surface area contributed by atoms with Crippen LogP contribution in [-0.4, -0.2) is 38.3 Å². The Kier molecular flexibility index (Phi) is 6.18. The number of halogens is 2. The van der Waals surface area contributed by atoms with Gasteiger partial charge in [0.2, 0.25) is 9.84 Å². The van der Waals surface area contributed by atoms with Crippen molar-refractivity contribution in [3.05, 3.63) is 59.7 Å². The van der Waals surface area contributed by atoms with E-state index in [0.717, 1.165) is 22.6 Å². The Balaban J connectivity index is 2.11. The molecule has 0 aliphatic carbocycles. The second-order valence-electron chi connectivity index (χ2n) is 5.34. The summed E-state index contributed by atoms with van der Waals surface area (Å²) in [4.78, 5) is 14.5. The molecule has 0 fully saturated rings. The lowest BCUT2D eigenvalue weighted by Crippen LogP contribution is -2.26. The number of benzene rings is 2. The quantitative estimate of drug-likeness (QED) is 0.712. The van der Waals surface area contributed by atoms with Gasteiger partial charge in [0.25, 0.3) is 5.91 Å². The highest BCUT2D eigenvalue weighted by Gasteiger charge is 2.26. The summed E-state index contributed by atoms with van der Waals surface area (Å²) in [7, 11) is -3.04. The van der Waals surface area contributed by atoms with Gasteiger partial charge in [-0.2, -0.15) is 8.78 Å². The van der Waals surface area contributed by atoms with E-state index in [4.69, 9.17) is 0 Å². The Hall–Kier alpha value is -1.93. The lowest BCUT2D eigenvalue weighted by Gasteiger charge is -2.17. The van der Waals surface area contributed by atoms with Crippen molar-refractivity contribution in [1.82, 2.24) is 4.90 Å². The van der Waals surface area contributed by atoms with Gasteiger partial charge in [0.05, 0.1) is 4.90 Å². The molecule has 0 radical (unpaired) electrons. The van der Waals surface area contributed by atoms with Crippen LogP contribution in [0.4, 0.5) is 8.78 Å². The highest BCUT2D eigenvalue weighted by atomic mass is 32.2. The third kappa shape index (κ3) is 4.58. The van der Waals surface area contributed by atoms with Crippen molar-refractivity contribution < 1.29 is 22.0 Å². The molecule has 0 atom stereocenters. The average molecular weight is 385 g/mol. The van der Waals surface area contributed by atoms with Gasteiger partial charge >= 0.3 is 5.76 Å². The summed E-state index contributed by atoms with van der Waals surface area (Å²) in [5, 5.41) is 0. The zero-order valence-corrected chi connectivity index (χ0v) is 15.3. The molecule has 0 saturated carbocycles. The molecule has 25 heavy (non-hydrogen) atoms. The molecule has 2 aromatic rings. The first kappa shape index (κ1) is 19.4. The first-order chi connectivity index (χ1) is 11.8. The highest BCUT2D eigenvalue weighted by molar-refractivity contribution is 7.98. The zero-order chi connectivity index (χ0) is 18.6. The smallest absolute Gasteiger partial charge is 0.337 e. The minimum absolute atomic E-state index is 0.233. The Morgan fingerprint density at radius 2 is 1.64 bits per heavy atom. The molecular formula is C17H17F2NO3S2. The summed E-state index contributed by atoms with van der Waals surface area (Å²) in [5.74, 6) is -3.81. The fraction of sp³-hybridized carbons (Fsp3) is 0.235. The highest BCUT2D eigenvalue weighted by Crippen LogP contribution is 2.20. The first-order valence-corrected chi connectivity index (χ1v) is 10.0. The van der Waals surface area contributed by atoms with Crippen LogP contribution < -0.4 is 0 Å². The van der Waals surface area contributed by atoms with E-state index in [0.29, 0.717) is 6.54 Å². The number of thioether (sulfide) groups is 1. The molecule has 0 unspecified atom stereocenters. The third-order valence-electron chi connectivity index (χ3n) is 3.59. The van der Waals surface area contributed by atoms with E-state index in [-0.39, 0.29) is 11.5 Å². The number of carbonyl (C=O) groups is 1. The molecule has 0 spiro atoms. The topological polar surface area (TPSA) is 54.5 Å². The number of hydrogen-bond donors (Lipinski definition) is 0. The molecule has 0 aromatic heterocycles. The van der Waals surface area contributed by atoms with Gasteiger partial charge in [0, 0.05) is 24.1 Å². The van der Waals surface area contributed by atoms with Gasteiger partial charge in [0.15, 0.2) is 0 Å². The molecule has 1 amide bonds. The Morgan fingerprint density at radius 1 is 1.08 bits per heavy atom. The van der Waals surface area contributed by atoms with Gasteiger partial charge in [-0.05, 0) is 48.2 Å². The van der Waals surface area contributed by atoms with E-state index < -0.39 is 20.5 Å². The number of hydrogen-bond acceptors (Lipinski definition) is 4. The maximum absolute atomic E-state index is 12.5. The predicted octanol–water partition coefficient (Wildman–Crippen LogP) is 3.68. The Bertz CT molecular complexity index is 835. The Labute approximate surface area is 149 Å². The molecule has 8 heteroatoms. The minimum atomic E-state index is -4.66. The molecule has 2 aromatic carbocycles. The van der Waals surface area contributed by atoms with Crippen LogP contribution in [-0.2, 0) is 16.4 Å². The molecule has 0 bridgehead atoms. The SMILES string of the molecule is CSc1ccc(CN(C)C(=O)c2ccc(S(=O)(=O)C(F)F)cc2)cc1. The van der Waals surface area contributed by atoms with Gasteiger partial charge in [-0.25, -0.2) is 8.42 Å². The average Bonchev–Trinajstić information content (AvgIpc) is 2.61. The van der Waals surface area contributed by atoms with Gasteiger partial charge in [-0.15, -0.1) is 11.8 Å². The summed E-state index contributed by atoms with van der Waals surface area (Å²) in [5.41, 5.74) is 1.18. The van der Waals surface area contributed by atoms with Crippen molar-refractivity contribution in [1.29, 1.82) is 0 Å². The normalized spacial score (nSPS) is 11.6. The van der Waals surface area contributed by atoms with Crippen LogP contribution in [0.3, 0.4) is 0 Å². The van der Waals surface area contributed by atoms with E-state index in [9.17, 15) is 22.0 Å². The lowest BCUT2D eigenvalue weighted by atomic mass is 10.1. The number of nitrogens with zero attached hydrogens (tertiary/aromatic N) is 1. The maximum atomic E-state index is 12.5. The standard InChI is InChI=1S/C17H17F2NO3S2/c1-20(11-12-3-7-14(24-2)8-4-12)16(21)13-5-9-15(10-6-13)25(22,23)17(18)19/h3-10,17H,11H2,1-2H3. The number of amides is 1. The summed E-state index contributed by atoms with van der Waals surface area (Å²) in [6.07, 6.45) is 1.97. The van der Waals surface area contributed by atoms with Gasteiger partial charge in [-0.3, -0.25) is 4.79 Å². The first-order valence-electron chi connectivity index (χ1n) is 7.26. The molecule has 4 nitrogen and oxygen atoms in total. The summed E-state index contributed by atoms with van der Waals surface area (Å²) < 4.78 is 47.8. The van der Waals surface area contributed by atoms with Crippen molar-refractivity contribution in [2.75, 3.05) is 13.3 Å². The van der Waals surface area contributed by atoms with Crippen LogP contribution in [0.25, 0.3) is 0 Å². The zero-order valence-electron chi connectivity index (χ0n) is 13.6. The molecule has 0 aliphatic heterocycles. The second-order valence-corrected chi connectivity index (χ2v) is 8.14. The second kappa shape index (κ2) is 7.97. The minimum Gasteiger partial charge on any atom is -0.337 e. The molecule has 0 heterocycles. The summed E-state index contributed by atoms with van der Waals surface area (Å²) in [6, 6.07) is 12.3. The van der Waals surface area contributed by atoms with Crippen molar-refractivity contribution in [3.63, 3.8) is 0 Å². The van der Waals surface area contributed by atoms with Crippen molar-refractivity contribution in [3.8, 4) is 0 Å². The van der Waals surface area contributed by atoms with Crippen LogP contribution >= 0.6 is 11.8 Å².